The van der Waals surface area contributed by atoms with E-state index in [2.05, 4.69) is 66.6 Å². The Balaban J connectivity index is 1.68. The van der Waals surface area contributed by atoms with Gasteiger partial charge in [0.2, 0.25) is 0 Å². The van der Waals surface area contributed by atoms with Crippen LogP contribution in [0.1, 0.15) is 43.7 Å². The molecule has 4 rings (SSSR count). The molecule has 2 aliphatic heterocycles. The summed E-state index contributed by atoms with van der Waals surface area (Å²) in [6.45, 7) is 2.25. The van der Waals surface area contributed by atoms with Gasteiger partial charge in [0.15, 0.2) is 0 Å². The molecule has 0 saturated heterocycles. The van der Waals surface area contributed by atoms with Gasteiger partial charge in [0.1, 0.15) is 11.1 Å². The molecule has 1 aromatic rings. The van der Waals surface area contributed by atoms with E-state index in [1.54, 1.807) is 14.2 Å². The highest BCUT2D eigenvalue weighted by molar-refractivity contribution is 8.04. The fourth-order valence-electron chi connectivity index (χ4n) is 4.11. The lowest BCUT2D eigenvalue weighted by atomic mass is 9.95. The number of ether oxygens (including phenoxy) is 2. The van der Waals surface area contributed by atoms with Crippen LogP contribution in [0.25, 0.3) is 5.57 Å². The molecule has 1 unspecified atom stereocenters. The van der Waals surface area contributed by atoms with Crippen LogP contribution in [0.15, 0.2) is 71.1 Å². The Labute approximate surface area is 178 Å². The zero-order valence-corrected chi connectivity index (χ0v) is 18.3. The topological polar surface area (TPSA) is 21.7 Å². The van der Waals surface area contributed by atoms with Crippen molar-refractivity contribution >= 4 is 17.3 Å². The molecule has 1 aliphatic carbocycles. The molecule has 3 nitrogen and oxygen atoms in total. The maximum Gasteiger partial charge on any atom is 0.122 e. The summed E-state index contributed by atoms with van der Waals surface area (Å²) >= 11 is 1.98. The van der Waals surface area contributed by atoms with Crippen LogP contribution in [0.4, 0.5) is 0 Å². The van der Waals surface area contributed by atoms with Crippen LogP contribution in [0.5, 0.6) is 5.75 Å². The first-order chi connectivity index (χ1) is 14.2. The third kappa shape index (κ3) is 4.18. The number of fused-ring (bicyclic) bond motifs is 1. The van der Waals surface area contributed by atoms with Gasteiger partial charge in [-0.25, -0.2) is 0 Å². The molecule has 0 aromatic heterocycles. The molecule has 2 heterocycles. The first-order valence-corrected chi connectivity index (χ1v) is 11.3. The molecule has 4 heteroatoms. The second kappa shape index (κ2) is 9.00. The van der Waals surface area contributed by atoms with Crippen LogP contribution < -0.4 is 4.74 Å². The first kappa shape index (κ1) is 20.0. The van der Waals surface area contributed by atoms with E-state index in [0.717, 1.165) is 43.6 Å². The van der Waals surface area contributed by atoms with E-state index in [9.17, 15) is 0 Å². The third-order valence-corrected chi connectivity index (χ3v) is 6.94. The van der Waals surface area contributed by atoms with E-state index in [1.807, 2.05) is 11.8 Å². The van der Waals surface area contributed by atoms with Crippen LogP contribution >= 0.6 is 11.8 Å². The van der Waals surface area contributed by atoms with Gasteiger partial charge in [-0.15, -0.1) is 0 Å². The van der Waals surface area contributed by atoms with Gasteiger partial charge in [0, 0.05) is 35.2 Å². The largest absolute Gasteiger partial charge is 0.501 e. The number of nitrogens with zero attached hydrogens (tertiary/aromatic N) is 1. The molecule has 152 valence electrons. The van der Waals surface area contributed by atoms with Crippen molar-refractivity contribution in [1.82, 2.24) is 4.90 Å². The Kier molecular flexibility index (Phi) is 6.19. The van der Waals surface area contributed by atoms with Crippen molar-refractivity contribution < 1.29 is 9.47 Å². The van der Waals surface area contributed by atoms with Crippen molar-refractivity contribution in [1.29, 1.82) is 0 Å². The van der Waals surface area contributed by atoms with Crippen molar-refractivity contribution in [3.63, 3.8) is 0 Å². The number of benzene rings is 1. The Morgan fingerprint density at radius 2 is 2.07 bits per heavy atom. The van der Waals surface area contributed by atoms with Gasteiger partial charge < -0.3 is 14.4 Å². The fourth-order valence-corrected chi connectivity index (χ4v) is 5.52. The summed E-state index contributed by atoms with van der Waals surface area (Å²) in [4.78, 5) is 3.92. The van der Waals surface area contributed by atoms with Crippen LogP contribution in [-0.4, -0.2) is 24.5 Å². The van der Waals surface area contributed by atoms with E-state index in [4.69, 9.17) is 9.47 Å². The van der Waals surface area contributed by atoms with Gasteiger partial charge in [-0.05, 0) is 48.3 Å². The molecule has 0 spiro atoms. The van der Waals surface area contributed by atoms with E-state index in [1.165, 1.54) is 27.3 Å². The average Bonchev–Trinajstić information content (AvgIpc) is 3.11. The van der Waals surface area contributed by atoms with Crippen molar-refractivity contribution in [2.45, 2.75) is 44.4 Å². The average molecular weight is 408 g/mol. The van der Waals surface area contributed by atoms with Crippen molar-refractivity contribution in [3.8, 4) is 5.75 Å². The van der Waals surface area contributed by atoms with Crippen molar-refractivity contribution in [2.24, 2.45) is 0 Å². The lowest BCUT2D eigenvalue weighted by Crippen LogP contribution is -2.23. The molecule has 0 radical (unpaired) electrons. The second-order valence-corrected chi connectivity index (χ2v) is 8.69. The van der Waals surface area contributed by atoms with Gasteiger partial charge in [-0.2, -0.15) is 0 Å². The summed E-state index contributed by atoms with van der Waals surface area (Å²) in [7, 11) is 3.52. The van der Waals surface area contributed by atoms with Gasteiger partial charge in [-0.3, -0.25) is 0 Å². The van der Waals surface area contributed by atoms with E-state index >= 15 is 0 Å². The Morgan fingerprint density at radius 1 is 1.17 bits per heavy atom. The molecule has 0 bridgehead atoms. The van der Waals surface area contributed by atoms with Gasteiger partial charge in [0.05, 0.1) is 20.0 Å². The fraction of sp³-hybridized carbons (Fsp3) is 0.360. The second-order valence-electron chi connectivity index (χ2n) is 7.48. The van der Waals surface area contributed by atoms with E-state index < -0.39 is 0 Å². The minimum absolute atomic E-state index is 0.388. The predicted octanol–water partition coefficient (Wildman–Crippen LogP) is 6.42. The smallest absolute Gasteiger partial charge is 0.122 e. The molecule has 0 amide bonds. The summed E-state index contributed by atoms with van der Waals surface area (Å²) in [5, 5.41) is 0.388. The quantitative estimate of drug-likeness (QED) is 0.520. The SMILES string of the molecule is CCCC1=C(Cc2cc(C3=CCCC(OC)=C3)ccc2OC)N2C=CC=CC2S1. The normalized spacial score (nSPS) is 20.5. The number of methoxy groups -OCH3 is 2. The van der Waals surface area contributed by atoms with E-state index in [-0.39, 0.29) is 0 Å². The van der Waals surface area contributed by atoms with Crippen LogP contribution in [0, 0.1) is 0 Å². The van der Waals surface area contributed by atoms with Gasteiger partial charge in [0.25, 0.3) is 0 Å². The molecule has 3 aliphatic rings. The summed E-state index contributed by atoms with van der Waals surface area (Å²) in [5.74, 6) is 2.00. The highest BCUT2D eigenvalue weighted by Crippen LogP contribution is 2.44. The van der Waals surface area contributed by atoms with Crippen molar-refractivity contribution in [3.05, 3.63) is 82.3 Å². The van der Waals surface area contributed by atoms with Crippen molar-refractivity contribution in [2.75, 3.05) is 14.2 Å². The summed E-state index contributed by atoms with van der Waals surface area (Å²) < 4.78 is 11.2. The van der Waals surface area contributed by atoms with Crippen LogP contribution in [-0.2, 0) is 11.2 Å². The Morgan fingerprint density at radius 3 is 2.86 bits per heavy atom. The van der Waals surface area contributed by atoms with Gasteiger partial charge in [-0.1, -0.05) is 49.4 Å². The first-order valence-electron chi connectivity index (χ1n) is 10.4. The molecule has 1 atom stereocenters. The van der Waals surface area contributed by atoms with Gasteiger partial charge >= 0.3 is 0 Å². The predicted molar refractivity (Wildman–Crippen MR) is 122 cm³/mol. The monoisotopic (exact) mass is 407 g/mol. The molecular formula is C25H29NO2S. The zero-order valence-electron chi connectivity index (χ0n) is 17.5. The molecule has 0 N–H and O–H groups in total. The highest BCUT2D eigenvalue weighted by atomic mass is 32.2. The van der Waals surface area contributed by atoms with Crippen LogP contribution in [0.3, 0.4) is 0 Å². The van der Waals surface area contributed by atoms with E-state index in [0.29, 0.717) is 5.37 Å². The minimum atomic E-state index is 0.388. The summed E-state index contributed by atoms with van der Waals surface area (Å²) in [6, 6.07) is 6.55. The number of hydrogen-bond donors (Lipinski definition) is 0. The number of hydrogen-bond acceptors (Lipinski definition) is 4. The zero-order chi connectivity index (χ0) is 20.2. The maximum absolute atomic E-state index is 5.73. The Bertz CT molecular complexity index is 923. The highest BCUT2D eigenvalue weighted by Gasteiger charge is 2.30. The lowest BCUT2D eigenvalue weighted by Gasteiger charge is -2.25. The Hall–Kier alpha value is -2.33. The third-order valence-electron chi connectivity index (χ3n) is 5.59. The summed E-state index contributed by atoms with van der Waals surface area (Å²) in [5.41, 5.74) is 5.10. The van der Waals surface area contributed by atoms with Crippen LogP contribution in [0.2, 0.25) is 0 Å². The molecule has 0 fully saturated rings. The molecule has 0 saturated carbocycles. The molecular weight excluding hydrogens is 378 g/mol. The summed E-state index contributed by atoms with van der Waals surface area (Å²) in [6.07, 6.45) is 18.4. The number of allylic oxidation sites excluding steroid dienone is 8. The number of thioether (sulfide) groups is 1. The number of rotatable bonds is 7. The standard InChI is InChI=1S/C25H29NO2S/c1-4-8-24-22(26-14-6-5-11-25(26)29-24)17-20-15-19(12-13-23(20)28-3)18-9-7-10-21(16-18)27-2/h5-6,9,11-16,25H,4,7-8,10,17H2,1-3H3. The molecule has 29 heavy (non-hydrogen) atoms. The maximum atomic E-state index is 5.73. The lowest BCUT2D eigenvalue weighted by molar-refractivity contribution is 0.277. The molecule has 1 aromatic carbocycles. The minimum Gasteiger partial charge on any atom is -0.501 e.